The molecule has 1 atom stereocenters. The standard InChI is InChI=1S/C20H22ClNO4S/c1-3-25-20(24)18-15-8-7-12(2)9-16(15)27-19(18)22-17(23)11-26-14-6-4-5-13(21)10-14/h4-6,10,12H,3,7-9,11H2,1-2H3,(H,22,23)/t12-/m0/s1. The Bertz CT molecular complexity index is 849. The zero-order valence-corrected chi connectivity index (χ0v) is 16.9. The first-order chi connectivity index (χ1) is 13.0. The summed E-state index contributed by atoms with van der Waals surface area (Å²) in [4.78, 5) is 26.0. The molecule has 0 spiro atoms. The molecule has 1 aromatic carbocycles. The molecular formula is C20H22ClNO4S. The fourth-order valence-electron chi connectivity index (χ4n) is 3.13. The van der Waals surface area contributed by atoms with Gasteiger partial charge in [0.2, 0.25) is 0 Å². The van der Waals surface area contributed by atoms with Crippen LogP contribution in [0.5, 0.6) is 5.75 Å². The fraction of sp³-hybridized carbons (Fsp3) is 0.400. The molecule has 0 saturated heterocycles. The monoisotopic (exact) mass is 407 g/mol. The Labute approximate surface area is 167 Å². The third kappa shape index (κ3) is 4.82. The zero-order chi connectivity index (χ0) is 19.4. The highest BCUT2D eigenvalue weighted by Gasteiger charge is 2.29. The Kier molecular flexibility index (Phi) is 6.39. The van der Waals surface area contributed by atoms with Gasteiger partial charge in [-0.15, -0.1) is 11.3 Å². The highest BCUT2D eigenvalue weighted by Crippen LogP contribution is 2.40. The SMILES string of the molecule is CCOC(=O)c1c(NC(=O)COc2cccc(Cl)c2)sc2c1CC[C@H](C)C2. The Morgan fingerprint density at radius 2 is 2.19 bits per heavy atom. The molecule has 1 amide bonds. The van der Waals surface area contributed by atoms with Gasteiger partial charge in [0.15, 0.2) is 6.61 Å². The van der Waals surface area contributed by atoms with Crippen LogP contribution in [-0.2, 0) is 22.4 Å². The van der Waals surface area contributed by atoms with Crippen molar-refractivity contribution >= 4 is 39.8 Å². The van der Waals surface area contributed by atoms with Crippen LogP contribution in [0.1, 0.15) is 41.1 Å². The molecule has 0 radical (unpaired) electrons. The highest BCUT2D eigenvalue weighted by atomic mass is 35.5. The number of fused-ring (bicyclic) bond motifs is 1. The van der Waals surface area contributed by atoms with Crippen LogP contribution < -0.4 is 10.1 Å². The summed E-state index contributed by atoms with van der Waals surface area (Å²) >= 11 is 7.38. The van der Waals surface area contributed by atoms with E-state index in [1.54, 1.807) is 31.2 Å². The van der Waals surface area contributed by atoms with Crippen LogP contribution in [0.25, 0.3) is 0 Å². The average Bonchev–Trinajstić information content (AvgIpc) is 2.97. The molecule has 1 aliphatic carbocycles. The number of halogens is 1. The quantitative estimate of drug-likeness (QED) is 0.703. The number of benzene rings is 1. The van der Waals surface area contributed by atoms with Gasteiger partial charge in [-0.2, -0.15) is 0 Å². The summed E-state index contributed by atoms with van der Waals surface area (Å²) in [5.74, 6) is 0.381. The molecular weight excluding hydrogens is 386 g/mol. The summed E-state index contributed by atoms with van der Waals surface area (Å²) in [5.41, 5.74) is 1.52. The molecule has 27 heavy (non-hydrogen) atoms. The Hall–Kier alpha value is -2.05. The van der Waals surface area contributed by atoms with Gasteiger partial charge in [0.05, 0.1) is 12.2 Å². The molecule has 5 nitrogen and oxygen atoms in total. The molecule has 0 fully saturated rings. The molecule has 144 valence electrons. The van der Waals surface area contributed by atoms with E-state index in [1.807, 2.05) is 0 Å². The average molecular weight is 408 g/mol. The number of hydrogen-bond donors (Lipinski definition) is 1. The number of carbonyl (C=O) groups is 2. The lowest BCUT2D eigenvalue weighted by atomic mass is 9.88. The topological polar surface area (TPSA) is 64.6 Å². The van der Waals surface area contributed by atoms with Gasteiger partial charge in [-0.05, 0) is 55.9 Å². The smallest absolute Gasteiger partial charge is 0.341 e. The molecule has 7 heteroatoms. The molecule has 3 rings (SSSR count). The summed E-state index contributed by atoms with van der Waals surface area (Å²) in [6.07, 6.45) is 2.78. The van der Waals surface area contributed by atoms with Crippen molar-refractivity contribution in [2.45, 2.75) is 33.1 Å². The number of rotatable bonds is 6. The molecule has 1 N–H and O–H groups in total. The lowest BCUT2D eigenvalue weighted by Crippen LogP contribution is -2.21. The minimum absolute atomic E-state index is 0.165. The van der Waals surface area contributed by atoms with E-state index in [0.717, 1.165) is 29.7 Å². The molecule has 1 aromatic heterocycles. The normalized spacial score (nSPS) is 15.7. The molecule has 2 aromatic rings. The molecule has 0 bridgehead atoms. The van der Waals surface area contributed by atoms with Crippen molar-refractivity contribution in [2.75, 3.05) is 18.5 Å². The Morgan fingerprint density at radius 1 is 1.37 bits per heavy atom. The van der Waals surface area contributed by atoms with Crippen LogP contribution in [0.2, 0.25) is 5.02 Å². The Morgan fingerprint density at radius 3 is 2.93 bits per heavy atom. The van der Waals surface area contributed by atoms with E-state index < -0.39 is 0 Å². The van der Waals surface area contributed by atoms with E-state index in [-0.39, 0.29) is 18.5 Å². The van der Waals surface area contributed by atoms with Gasteiger partial charge >= 0.3 is 5.97 Å². The first-order valence-electron chi connectivity index (χ1n) is 8.97. The zero-order valence-electron chi connectivity index (χ0n) is 15.3. The van der Waals surface area contributed by atoms with Crippen molar-refractivity contribution in [3.63, 3.8) is 0 Å². The van der Waals surface area contributed by atoms with Crippen molar-refractivity contribution < 1.29 is 19.1 Å². The largest absolute Gasteiger partial charge is 0.484 e. The maximum atomic E-state index is 12.5. The summed E-state index contributed by atoms with van der Waals surface area (Å²) in [6, 6.07) is 6.86. The Balaban J connectivity index is 1.75. The van der Waals surface area contributed by atoms with Crippen molar-refractivity contribution in [3.05, 3.63) is 45.3 Å². The van der Waals surface area contributed by atoms with Gasteiger partial charge in [-0.1, -0.05) is 24.6 Å². The minimum Gasteiger partial charge on any atom is -0.484 e. The van der Waals surface area contributed by atoms with Crippen LogP contribution in [-0.4, -0.2) is 25.1 Å². The van der Waals surface area contributed by atoms with E-state index in [1.165, 1.54) is 11.3 Å². The van der Waals surface area contributed by atoms with E-state index in [2.05, 4.69) is 12.2 Å². The predicted octanol–water partition coefficient (Wildman–Crippen LogP) is 4.72. The van der Waals surface area contributed by atoms with Crippen molar-refractivity contribution in [1.29, 1.82) is 0 Å². The van der Waals surface area contributed by atoms with E-state index in [4.69, 9.17) is 21.1 Å². The van der Waals surface area contributed by atoms with Gasteiger partial charge in [0, 0.05) is 9.90 Å². The van der Waals surface area contributed by atoms with Crippen LogP contribution in [0.4, 0.5) is 5.00 Å². The van der Waals surface area contributed by atoms with Gasteiger partial charge < -0.3 is 14.8 Å². The number of ether oxygens (including phenoxy) is 2. The first-order valence-corrected chi connectivity index (χ1v) is 10.2. The molecule has 0 saturated carbocycles. The number of amides is 1. The number of nitrogens with one attached hydrogen (secondary N) is 1. The van der Waals surface area contributed by atoms with Gasteiger partial charge in [0.1, 0.15) is 10.8 Å². The van der Waals surface area contributed by atoms with Crippen molar-refractivity contribution in [3.8, 4) is 5.75 Å². The number of carbonyl (C=O) groups excluding carboxylic acids is 2. The van der Waals surface area contributed by atoms with Crippen LogP contribution >= 0.6 is 22.9 Å². The number of hydrogen-bond acceptors (Lipinski definition) is 5. The summed E-state index contributed by atoms with van der Waals surface area (Å²) in [5, 5.41) is 3.92. The van der Waals surface area contributed by atoms with Crippen molar-refractivity contribution in [1.82, 2.24) is 0 Å². The third-order valence-corrected chi connectivity index (χ3v) is 5.82. The number of esters is 1. The highest BCUT2D eigenvalue weighted by molar-refractivity contribution is 7.17. The number of thiophene rings is 1. The summed E-state index contributed by atoms with van der Waals surface area (Å²) in [6.45, 7) is 4.10. The lowest BCUT2D eigenvalue weighted by Gasteiger charge is -2.18. The van der Waals surface area contributed by atoms with Crippen LogP contribution in [0.3, 0.4) is 0 Å². The maximum Gasteiger partial charge on any atom is 0.341 e. The third-order valence-electron chi connectivity index (χ3n) is 4.41. The second-order valence-electron chi connectivity index (χ2n) is 6.57. The molecule has 1 aliphatic rings. The fourth-order valence-corrected chi connectivity index (χ4v) is 4.72. The predicted molar refractivity (Wildman–Crippen MR) is 107 cm³/mol. The molecule has 1 heterocycles. The van der Waals surface area contributed by atoms with E-state index in [9.17, 15) is 9.59 Å². The maximum absolute atomic E-state index is 12.5. The van der Waals surface area contributed by atoms with Gasteiger partial charge in [-0.3, -0.25) is 4.79 Å². The van der Waals surface area contributed by atoms with Gasteiger partial charge in [0.25, 0.3) is 5.91 Å². The van der Waals surface area contributed by atoms with Gasteiger partial charge in [-0.25, -0.2) is 4.79 Å². The van der Waals surface area contributed by atoms with E-state index in [0.29, 0.717) is 33.9 Å². The second kappa shape index (κ2) is 8.76. The lowest BCUT2D eigenvalue weighted by molar-refractivity contribution is -0.118. The van der Waals surface area contributed by atoms with E-state index >= 15 is 0 Å². The summed E-state index contributed by atoms with van der Waals surface area (Å²) < 4.78 is 10.7. The van der Waals surface area contributed by atoms with Crippen molar-refractivity contribution in [2.24, 2.45) is 5.92 Å². The van der Waals surface area contributed by atoms with Crippen LogP contribution in [0, 0.1) is 5.92 Å². The minimum atomic E-state index is -0.379. The second-order valence-corrected chi connectivity index (χ2v) is 8.11. The number of anilines is 1. The first kappa shape index (κ1) is 19.7. The molecule has 0 aliphatic heterocycles. The van der Waals surface area contributed by atoms with Crippen LogP contribution in [0.15, 0.2) is 24.3 Å². The summed E-state index contributed by atoms with van der Waals surface area (Å²) in [7, 11) is 0. The molecule has 0 unspecified atom stereocenters.